The van der Waals surface area contributed by atoms with Crippen molar-refractivity contribution in [2.45, 2.75) is 12.5 Å². The van der Waals surface area contributed by atoms with Crippen molar-refractivity contribution in [2.24, 2.45) is 0 Å². The zero-order valence-electron chi connectivity index (χ0n) is 18.5. The molecule has 1 unspecified atom stereocenters. The van der Waals surface area contributed by atoms with Crippen LogP contribution in [0.1, 0.15) is 23.6 Å². The molecule has 4 rings (SSSR count). The summed E-state index contributed by atoms with van der Waals surface area (Å²) in [4.78, 5) is 29.0. The molecule has 33 heavy (non-hydrogen) atoms. The lowest BCUT2D eigenvalue weighted by atomic mass is 9.95. The van der Waals surface area contributed by atoms with Gasteiger partial charge in [0.05, 0.1) is 32.9 Å². The Balaban J connectivity index is 1.67. The van der Waals surface area contributed by atoms with Gasteiger partial charge in [-0.2, -0.15) is 0 Å². The van der Waals surface area contributed by atoms with Gasteiger partial charge in [0.1, 0.15) is 18.8 Å². The number of nitrogens with one attached hydrogen (secondary N) is 1. The molecule has 174 valence electrons. The van der Waals surface area contributed by atoms with E-state index in [-0.39, 0.29) is 5.57 Å². The normalized spacial score (nSPS) is 20.9. The van der Waals surface area contributed by atoms with Gasteiger partial charge >= 0.3 is 0 Å². The molecule has 2 heterocycles. The molecule has 0 saturated carbocycles. The summed E-state index contributed by atoms with van der Waals surface area (Å²) in [5.74, 6) is -1.35. The lowest BCUT2D eigenvalue weighted by molar-refractivity contribution is -0.908. The van der Waals surface area contributed by atoms with E-state index >= 15 is 0 Å². The molecule has 8 heteroatoms. The number of carbonyl (C=O) groups is 2. The van der Waals surface area contributed by atoms with Gasteiger partial charge in [-0.15, -0.1) is 0 Å². The van der Waals surface area contributed by atoms with Crippen LogP contribution in [-0.4, -0.2) is 63.1 Å². The van der Waals surface area contributed by atoms with Gasteiger partial charge in [-0.3, -0.25) is 9.59 Å². The van der Waals surface area contributed by atoms with Gasteiger partial charge in [0, 0.05) is 23.6 Å². The molecule has 2 fully saturated rings. The third-order valence-corrected chi connectivity index (χ3v) is 6.43. The Kier molecular flexibility index (Phi) is 7.33. The number of amides is 1. The van der Waals surface area contributed by atoms with Crippen molar-refractivity contribution in [2.75, 3.05) is 46.5 Å². The fraction of sp³-hybridized carbons (Fsp3) is 0.360. The van der Waals surface area contributed by atoms with Crippen LogP contribution in [0.4, 0.5) is 0 Å². The molecule has 1 amide bonds. The molecule has 0 aromatic heterocycles. The number of hydrogen-bond donors (Lipinski definition) is 1. The van der Waals surface area contributed by atoms with E-state index in [2.05, 4.69) is 0 Å². The minimum absolute atomic E-state index is 0.0331. The standard InChI is InChI=1S/C25H27ClN2O5/c1-32-20-5-2-4-18(16-20)23(29)21-22(17-6-8-19(26)9-7-17)28(25(31)24(21)30)11-3-10-27-12-14-33-15-13-27/h2,4-9,16,22,29H,3,10-15H2,1H3/b23-21+. The van der Waals surface area contributed by atoms with E-state index in [0.717, 1.165) is 39.3 Å². The SMILES string of the molecule is COc1cccc(/C([O-])=C2\C(=O)C(=O)N(CCC[NH+]3CCOCC3)C2c2ccc(Cl)cc2)c1. The molecular weight excluding hydrogens is 444 g/mol. The summed E-state index contributed by atoms with van der Waals surface area (Å²) in [6, 6.07) is 12.8. The minimum atomic E-state index is -0.749. The Labute approximate surface area is 198 Å². The third-order valence-electron chi connectivity index (χ3n) is 6.18. The van der Waals surface area contributed by atoms with Crippen molar-refractivity contribution in [3.63, 3.8) is 0 Å². The molecule has 0 spiro atoms. The van der Waals surface area contributed by atoms with E-state index in [4.69, 9.17) is 21.1 Å². The van der Waals surface area contributed by atoms with Crippen molar-refractivity contribution < 1.29 is 29.1 Å². The smallest absolute Gasteiger partial charge is 0.295 e. The highest BCUT2D eigenvalue weighted by Gasteiger charge is 2.44. The summed E-state index contributed by atoms with van der Waals surface area (Å²) in [6.07, 6.45) is 0.721. The van der Waals surface area contributed by atoms with Gasteiger partial charge in [0.2, 0.25) is 5.78 Å². The number of methoxy groups -OCH3 is 1. The van der Waals surface area contributed by atoms with Crippen molar-refractivity contribution in [1.29, 1.82) is 0 Å². The average molecular weight is 471 g/mol. The zero-order valence-corrected chi connectivity index (χ0v) is 19.3. The van der Waals surface area contributed by atoms with Crippen molar-refractivity contribution in [3.05, 3.63) is 70.3 Å². The molecule has 2 saturated heterocycles. The van der Waals surface area contributed by atoms with Crippen LogP contribution >= 0.6 is 11.6 Å². The Morgan fingerprint density at radius 3 is 2.61 bits per heavy atom. The van der Waals surface area contributed by atoms with Crippen LogP contribution in [0.25, 0.3) is 5.76 Å². The molecule has 2 aliphatic rings. The number of Topliss-reactive ketones (excluding diaryl/α,β-unsaturated/α-hetero) is 1. The van der Waals surface area contributed by atoms with Crippen molar-refractivity contribution in [1.82, 2.24) is 4.90 Å². The van der Waals surface area contributed by atoms with Gasteiger partial charge < -0.3 is 24.4 Å². The maximum Gasteiger partial charge on any atom is 0.295 e. The summed E-state index contributed by atoms with van der Waals surface area (Å²) >= 11 is 6.06. The number of hydrogen-bond acceptors (Lipinski definition) is 5. The zero-order chi connectivity index (χ0) is 23.4. The molecule has 2 aliphatic heterocycles. The van der Waals surface area contributed by atoms with Gasteiger partial charge in [0.25, 0.3) is 5.91 Å². The summed E-state index contributed by atoms with van der Waals surface area (Å²) in [7, 11) is 1.51. The van der Waals surface area contributed by atoms with Crippen LogP contribution in [0, 0.1) is 0 Å². The lowest BCUT2D eigenvalue weighted by Gasteiger charge is -2.29. The second-order valence-electron chi connectivity index (χ2n) is 8.22. The van der Waals surface area contributed by atoms with Gasteiger partial charge in [-0.25, -0.2) is 0 Å². The third kappa shape index (κ3) is 5.05. The van der Waals surface area contributed by atoms with Crippen LogP contribution in [0.5, 0.6) is 5.75 Å². The van der Waals surface area contributed by atoms with E-state index in [1.165, 1.54) is 16.9 Å². The van der Waals surface area contributed by atoms with Crippen molar-refractivity contribution in [3.8, 4) is 5.75 Å². The first-order chi connectivity index (χ1) is 16.0. The number of carbonyl (C=O) groups excluding carboxylic acids is 2. The van der Waals surface area contributed by atoms with Crippen LogP contribution in [-0.2, 0) is 14.3 Å². The number of rotatable bonds is 7. The number of ketones is 1. The Morgan fingerprint density at radius 1 is 1.18 bits per heavy atom. The maximum atomic E-state index is 13.5. The minimum Gasteiger partial charge on any atom is -0.872 e. The topological polar surface area (TPSA) is 83.3 Å². The second kappa shape index (κ2) is 10.4. The van der Waals surface area contributed by atoms with Crippen LogP contribution in [0.2, 0.25) is 5.02 Å². The van der Waals surface area contributed by atoms with Gasteiger partial charge in [0.15, 0.2) is 0 Å². The Hall–Kier alpha value is -2.87. The molecule has 7 nitrogen and oxygen atoms in total. The molecular formula is C25H27ClN2O5. The summed E-state index contributed by atoms with van der Waals surface area (Å²) in [5, 5.41) is 14.0. The second-order valence-corrected chi connectivity index (χ2v) is 8.66. The van der Waals surface area contributed by atoms with Crippen LogP contribution in [0.15, 0.2) is 54.1 Å². The van der Waals surface area contributed by atoms with Crippen LogP contribution in [0.3, 0.4) is 0 Å². The summed E-state index contributed by atoms with van der Waals surface area (Å²) in [5.41, 5.74) is 0.960. The molecule has 0 radical (unpaired) electrons. The number of nitrogens with zero attached hydrogens (tertiary/aromatic N) is 1. The predicted octanol–water partition coefficient (Wildman–Crippen LogP) is 0.878. The number of morpholine rings is 1. The number of ether oxygens (including phenoxy) is 2. The first-order valence-electron chi connectivity index (χ1n) is 11.1. The highest BCUT2D eigenvalue weighted by molar-refractivity contribution is 6.46. The van der Waals surface area contributed by atoms with E-state index < -0.39 is 23.5 Å². The number of benzene rings is 2. The first kappa shape index (κ1) is 23.3. The highest BCUT2D eigenvalue weighted by atomic mass is 35.5. The molecule has 1 atom stereocenters. The first-order valence-corrected chi connectivity index (χ1v) is 11.4. The average Bonchev–Trinajstić information content (AvgIpc) is 3.10. The molecule has 1 N–H and O–H groups in total. The fourth-order valence-electron chi connectivity index (χ4n) is 4.42. The highest BCUT2D eigenvalue weighted by Crippen LogP contribution is 2.39. The van der Waals surface area contributed by atoms with E-state index in [1.807, 2.05) is 0 Å². The summed E-state index contributed by atoms with van der Waals surface area (Å²) < 4.78 is 10.6. The van der Waals surface area contributed by atoms with Crippen molar-refractivity contribution >= 4 is 29.1 Å². The van der Waals surface area contributed by atoms with E-state index in [0.29, 0.717) is 28.4 Å². The maximum absolute atomic E-state index is 13.5. The quantitative estimate of drug-likeness (QED) is 0.369. The van der Waals surface area contributed by atoms with E-state index in [9.17, 15) is 14.7 Å². The summed E-state index contributed by atoms with van der Waals surface area (Å²) in [6.45, 7) is 4.58. The number of likely N-dealkylation sites (tertiary alicyclic amines) is 1. The molecule has 2 aromatic rings. The van der Waals surface area contributed by atoms with Gasteiger partial charge in [-0.05, 0) is 35.4 Å². The molecule has 0 aliphatic carbocycles. The number of halogens is 1. The molecule has 0 bridgehead atoms. The predicted molar refractivity (Wildman–Crippen MR) is 122 cm³/mol. The van der Waals surface area contributed by atoms with Gasteiger partial charge in [-0.1, -0.05) is 41.6 Å². The number of quaternary nitrogens is 1. The largest absolute Gasteiger partial charge is 0.872 e. The lowest BCUT2D eigenvalue weighted by Crippen LogP contribution is -3.14. The monoisotopic (exact) mass is 470 g/mol. The Bertz CT molecular complexity index is 1050. The van der Waals surface area contributed by atoms with E-state index in [1.54, 1.807) is 48.5 Å². The Morgan fingerprint density at radius 2 is 1.91 bits per heavy atom. The fourth-order valence-corrected chi connectivity index (χ4v) is 4.55. The molecule has 2 aromatic carbocycles. The van der Waals surface area contributed by atoms with Crippen LogP contribution < -0.4 is 14.7 Å².